The van der Waals surface area contributed by atoms with Crippen LogP contribution in [0.2, 0.25) is 0 Å². The van der Waals surface area contributed by atoms with Gasteiger partial charge in [-0.1, -0.05) is 18.2 Å². The van der Waals surface area contributed by atoms with Crippen molar-refractivity contribution in [3.63, 3.8) is 0 Å². The number of rotatable bonds is 4. The molecule has 1 N–H and O–H groups in total. The Labute approximate surface area is 132 Å². The molecule has 0 atom stereocenters. The number of hydrogen-bond donors (Lipinski definition) is 1. The van der Waals surface area contributed by atoms with Crippen molar-refractivity contribution in [3.8, 4) is 12.3 Å². The molecule has 1 heterocycles. The standard InChI is InChI=1S/C18H24N2O2/c1-5-6-11-19-13-15-9-7-8-14-10-12-20(16(14)15)17(21)22-18(2,3)4/h1,7-9,19H,6,10-13H2,2-4H3. The van der Waals surface area contributed by atoms with Crippen molar-refractivity contribution in [2.45, 2.75) is 45.8 Å². The van der Waals surface area contributed by atoms with Crippen molar-refractivity contribution >= 4 is 11.8 Å². The number of amides is 1. The van der Waals surface area contributed by atoms with Gasteiger partial charge in [-0.15, -0.1) is 12.3 Å². The smallest absolute Gasteiger partial charge is 0.414 e. The number of fused-ring (bicyclic) bond motifs is 1. The Kier molecular flexibility index (Phi) is 5.10. The summed E-state index contributed by atoms with van der Waals surface area (Å²) in [5, 5.41) is 3.32. The third-order valence-electron chi connectivity index (χ3n) is 3.45. The zero-order valence-corrected chi connectivity index (χ0v) is 13.6. The van der Waals surface area contributed by atoms with Crippen LogP contribution in [0.15, 0.2) is 18.2 Å². The highest BCUT2D eigenvalue weighted by molar-refractivity contribution is 5.91. The number of benzene rings is 1. The van der Waals surface area contributed by atoms with Crippen LogP contribution in [0.4, 0.5) is 10.5 Å². The Morgan fingerprint density at radius 3 is 2.91 bits per heavy atom. The van der Waals surface area contributed by atoms with E-state index in [2.05, 4.69) is 17.3 Å². The quantitative estimate of drug-likeness (QED) is 0.686. The molecule has 0 spiro atoms. The van der Waals surface area contributed by atoms with E-state index in [1.807, 2.05) is 32.9 Å². The van der Waals surface area contributed by atoms with Crippen LogP contribution in [0.25, 0.3) is 0 Å². The van der Waals surface area contributed by atoms with Crippen molar-refractivity contribution in [1.82, 2.24) is 5.32 Å². The van der Waals surface area contributed by atoms with Gasteiger partial charge in [-0.2, -0.15) is 0 Å². The van der Waals surface area contributed by atoms with Crippen molar-refractivity contribution in [1.29, 1.82) is 0 Å². The maximum atomic E-state index is 12.4. The molecule has 0 aromatic heterocycles. The van der Waals surface area contributed by atoms with Gasteiger partial charge < -0.3 is 10.1 Å². The Bertz CT molecular complexity index is 582. The number of terminal acetylenes is 1. The van der Waals surface area contributed by atoms with Gasteiger partial charge in [-0.3, -0.25) is 4.90 Å². The molecule has 1 amide bonds. The van der Waals surface area contributed by atoms with Crippen LogP contribution in [0.3, 0.4) is 0 Å². The first-order valence-corrected chi connectivity index (χ1v) is 7.68. The Balaban J connectivity index is 2.14. The zero-order chi connectivity index (χ0) is 16.2. The highest BCUT2D eigenvalue weighted by Crippen LogP contribution is 2.33. The fraction of sp³-hybridized carbons (Fsp3) is 0.500. The summed E-state index contributed by atoms with van der Waals surface area (Å²) in [6.45, 7) is 7.79. The molecule has 0 bridgehead atoms. The Morgan fingerprint density at radius 2 is 2.23 bits per heavy atom. The number of ether oxygens (including phenoxy) is 1. The van der Waals surface area contributed by atoms with Gasteiger partial charge in [-0.05, 0) is 38.3 Å². The van der Waals surface area contributed by atoms with Gasteiger partial charge in [0.2, 0.25) is 0 Å². The molecule has 0 saturated carbocycles. The monoisotopic (exact) mass is 300 g/mol. The first-order chi connectivity index (χ1) is 10.4. The molecule has 0 fully saturated rings. The van der Waals surface area contributed by atoms with Gasteiger partial charge in [-0.25, -0.2) is 4.79 Å². The van der Waals surface area contributed by atoms with Crippen LogP contribution in [0, 0.1) is 12.3 Å². The van der Waals surface area contributed by atoms with Gasteiger partial charge >= 0.3 is 6.09 Å². The molecule has 1 aromatic carbocycles. The topological polar surface area (TPSA) is 41.6 Å². The minimum Gasteiger partial charge on any atom is -0.443 e. The SMILES string of the molecule is C#CCCNCc1cccc2c1N(C(=O)OC(C)(C)C)CC2. The summed E-state index contributed by atoms with van der Waals surface area (Å²) in [5.41, 5.74) is 2.81. The molecule has 0 aliphatic carbocycles. The van der Waals surface area contributed by atoms with Gasteiger partial charge in [0.25, 0.3) is 0 Å². The van der Waals surface area contributed by atoms with E-state index in [1.165, 1.54) is 5.56 Å². The molecule has 0 saturated heterocycles. The summed E-state index contributed by atoms with van der Waals surface area (Å²) >= 11 is 0. The van der Waals surface area contributed by atoms with E-state index in [-0.39, 0.29) is 6.09 Å². The number of nitrogens with zero attached hydrogens (tertiary/aromatic N) is 1. The summed E-state index contributed by atoms with van der Waals surface area (Å²) in [5.74, 6) is 2.61. The third-order valence-corrected chi connectivity index (χ3v) is 3.45. The van der Waals surface area contributed by atoms with Crippen LogP contribution < -0.4 is 10.2 Å². The molecule has 4 heteroatoms. The molecule has 118 valence electrons. The number of nitrogens with one attached hydrogen (secondary N) is 1. The number of carbonyl (C=O) groups is 1. The van der Waals surface area contributed by atoms with Crippen LogP contribution >= 0.6 is 0 Å². The average molecular weight is 300 g/mol. The van der Waals surface area contributed by atoms with Crippen molar-refractivity contribution in [3.05, 3.63) is 29.3 Å². The second kappa shape index (κ2) is 6.85. The van der Waals surface area contributed by atoms with E-state index in [0.717, 1.165) is 24.2 Å². The van der Waals surface area contributed by atoms with Crippen LogP contribution in [0.1, 0.15) is 38.3 Å². The summed E-state index contributed by atoms with van der Waals surface area (Å²) in [7, 11) is 0. The Hall–Kier alpha value is -1.99. The predicted octanol–water partition coefficient (Wildman–Crippen LogP) is 3.10. The molecule has 0 radical (unpaired) electrons. The molecule has 1 aliphatic rings. The van der Waals surface area contributed by atoms with Gasteiger partial charge in [0.1, 0.15) is 5.60 Å². The van der Waals surface area contributed by atoms with E-state index >= 15 is 0 Å². The number of hydrogen-bond acceptors (Lipinski definition) is 3. The molecular formula is C18H24N2O2. The van der Waals surface area contributed by atoms with E-state index in [1.54, 1.807) is 4.90 Å². The van der Waals surface area contributed by atoms with Crippen molar-refractivity contribution in [2.75, 3.05) is 18.0 Å². The number of para-hydroxylation sites is 1. The zero-order valence-electron chi connectivity index (χ0n) is 13.6. The molecule has 1 aliphatic heterocycles. The largest absolute Gasteiger partial charge is 0.443 e. The summed E-state index contributed by atoms with van der Waals surface area (Å²) < 4.78 is 5.52. The van der Waals surface area contributed by atoms with Gasteiger partial charge in [0.05, 0.1) is 5.69 Å². The van der Waals surface area contributed by atoms with Gasteiger partial charge in [0.15, 0.2) is 0 Å². The lowest BCUT2D eigenvalue weighted by molar-refractivity contribution is 0.0583. The summed E-state index contributed by atoms with van der Waals surface area (Å²) in [4.78, 5) is 14.2. The van der Waals surface area contributed by atoms with Crippen molar-refractivity contribution in [2.24, 2.45) is 0 Å². The highest BCUT2D eigenvalue weighted by atomic mass is 16.6. The van der Waals surface area contributed by atoms with Crippen LogP contribution in [-0.4, -0.2) is 24.8 Å². The number of anilines is 1. The molecule has 2 rings (SSSR count). The van der Waals surface area contributed by atoms with E-state index in [0.29, 0.717) is 19.5 Å². The van der Waals surface area contributed by atoms with Crippen LogP contribution in [-0.2, 0) is 17.7 Å². The first kappa shape index (κ1) is 16.4. The lowest BCUT2D eigenvalue weighted by atomic mass is 10.1. The Morgan fingerprint density at radius 1 is 1.45 bits per heavy atom. The summed E-state index contributed by atoms with van der Waals surface area (Å²) in [6.07, 6.45) is 6.55. The summed E-state index contributed by atoms with van der Waals surface area (Å²) in [6, 6.07) is 6.16. The molecule has 0 unspecified atom stereocenters. The van der Waals surface area contributed by atoms with Crippen LogP contribution in [0.5, 0.6) is 0 Å². The fourth-order valence-electron chi connectivity index (χ4n) is 2.56. The molecule has 22 heavy (non-hydrogen) atoms. The van der Waals surface area contributed by atoms with E-state index in [4.69, 9.17) is 11.2 Å². The molecule has 1 aromatic rings. The second-order valence-corrected chi connectivity index (χ2v) is 6.44. The minimum atomic E-state index is -0.486. The third kappa shape index (κ3) is 4.02. The molecular weight excluding hydrogens is 276 g/mol. The number of carbonyl (C=O) groups excluding carboxylic acids is 1. The predicted molar refractivity (Wildman–Crippen MR) is 88.9 cm³/mol. The maximum Gasteiger partial charge on any atom is 0.414 e. The normalized spacial score (nSPS) is 13.6. The lowest BCUT2D eigenvalue weighted by Crippen LogP contribution is -2.36. The first-order valence-electron chi connectivity index (χ1n) is 7.68. The minimum absolute atomic E-state index is 0.276. The second-order valence-electron chi connectivity index (χ2n) is 6.44. The van der Waals surface area contributed by atoms with E-state index in [9.17, 15) is 4.79 Å². The fourth-order valence-corrected chi connectivity index (χ4v) is 2.56. The molecule has 4 nitrogen and oxygen atoms in total. The van der Waals surface area contributed by atoms with Crippen molar-refractivity contribution < 1.29 is 9.53 Å². The average Bonchev–Trinajstić information content (AvgIpc) is 2.86. The van der Waals surface area contributed by atoms with E-state index < -0.39 is 5.60 Å². The lowest BCUT2D eigenvalue weighted by Gasteiger charge is -2.26. The highest BCUT2D eigenvalue weighted by Gasteiger charge is 2.30. The van der Waals surface area contributed by atoms with Gasteiger partial charge in [0, 0.05) is 26.1 Å². The maximum absolute atomic E-state index is 12.4.